The largest absolute Gasteiger partial charge is 0.494 e. The number of hydrogen-bond donors (Lipinski definition) is 1. The fourth-order valence-electron chi connectivity index (χ4n) is 2.18. The van der Waals surface area contributed by atoms with Gasteiger partial charge in [-0.25, -0.2) is 0 Å². The Morgan fingerprint density at radius 3 is 2.62 bits per heavy atom. The zero-order valence-electron chi connectivity index (χ0n) is 14.7. The van der Waals surface area contributed by atoms with E-state index in [0.29, 0.717) is 18.1 Å². The normalized spacial score (nSPS) is 10.2. The number of amides is 1. The maximum Gasteiger partial charge on any atom is 0.325 e. The first-order chi connectivity index (χ1) is 12.5. The first-order valence-electron chi connectivity index (χ1n) is 8.40. The van der Waals surface area contributed by atoms with E-state index in [0.717, 1.165) is 16.9 Å². The number of benzene rings is 2. The molecule has 0 heterocycles. The first-order valence-corrected chi connectivity index (χ1v) is 8.77. The molecule has 2 aromatic carbocycles. The van der Waals surface area contributed by atoms with E-state index in [1.54, 1.807) is 12.1 Å². The highest BCUT2D eigenvalue weighted by atomic mass is 35.5. The standard InChI is InChI=1S/C20H22ClNO4/c1-15-12-17(9-10-18(15)21)25-11-5-8-19(23)22-13-20(24)26-14-16-6-3-2-4-7-16/h2-4,6-7,9-10,12H,5,8,11,13-14H2,1H3,(H,22,23). The van der Waals surface area contributed by atoms with Crippen molar-refractivity contribution in [1.29, 1.82) is 0 Å². The second-order valence-corrected chi connectivity index (χ2v) is 6.19. The highest BCUT2D eigenvalue weighted by Gasteiger charge is 2.07. The molecule has 6 heteroatoms. The van der Waals surface area contributed by atoms with Gasteiger partial charge in [0.15, 0.2) is 0 Å². The van der Waals surface area contributed by atoms with Crippen molar-refractivity contribution in [2.45, 2.75) is 26.4 Å². The Kier molecular flexibility index (Phi) is 7.96. The Hall–Kier alpha value is -2.53. The van der Waals surface area contributed by atoms with Gasteiger partial charge in [-0.05, 0) is 42.7 Å². The van der Waals surface area contributed by atoms with Crippen molar-refractivity contribution in [2.75, 3.05) is 13.2 Å². The molecule has 0 aliphatic rings. The molecule has 0 bridgehead atoms. The monoisotopic (exact) mass is 375 g/mol. The Morgan fingerprint density at radius 2 is 1.88 bits per heavy atom. The Balaban J connectivity index is 1.57. The molecular formula is C20H22ClNO4. The lowest BCUT2D eigenvalue weighted by Crippen LogP contribution is -2.30. The Labute approximate surface area is 158 Å². The van der Waals surface area contributed by atoms with Crippen molar-refractivity contribution >= 4 is 23.5 Å². The summed E-state index contributed by atoms with van der Waals surface area (Å²) in [6.07, 6.45) is 0.825. The van der Waals surface area contributed by atoms with Crippen LogP contribution in [0.25, 0.3) is 0 Å². The van der Waals surface area contributed by atoms with E-state index >= 15 is 0 Å². The third-order valence-corrected chi connectivity index (χ3v) is 4.04. The van der Waals surface area contributed by atoms with Crippen LogP contribution in [-0.4, -0.2) is 25.0 Å². The van der Waals surface area contributed by atoms with Crippen LogP contribution in [-0.2, 0) is 20.9 Å². The van der Waals surface area contributed by atoms with Gasteiger partial charge in [-0.2, -0.15) is 0 Å². The van der Waals surface area contributed by atoms with Crippen molar-refractivity contribution in [3.05, 3.63) is 64.7 Å². The molecular weight excluding hydrogens is 354 g/mol. The molecule has 0 saturated carbocycles. The van der Waals surface area contributed by atoms with Gasteiger partial charge in [-0.15, -0.1) is 0 Å². The highest BCUT2D eigenvalue weighted by molar-refractivity contribution is 6.31. The summed E-state index contributed by atoms with van der Waals surface area (Å²) in [4.78, 5) is 23.4. The number of hydrogen-bond acceptors (Lipinski definition) is 4. The Morgan fingerprint density at radius 1 is 1.12 bits per heavy atom. The minimum atomic E-state index is -0.463. The smallest absolute Gasteiger partial charge is 0.325 e. The van der Waals surface area contributed by atoms with Crippen LogP contribution >= 0.6 is 11.6 Å². The van der Waals surface area contributed by atoms with E-state index in [2.05, 4.69) is 5.32 Å². The molecule has 2 rings (SSSR count). The van der Waals surface area contributed by atoms with E-state index in [1.807, 2.05) is 43.3 Å². The van der Waals surface area contributed by atoms with Crippen LogP contribution in [0.15, 0.2) is 48.5 Å². The van der Waals surface area contributed by atoms with E-state index in [9.17, 15) is 9.59 Å². The number of aryl methyl sites for hydroxylation is 1. The van der Waals surface area contributed by atoms with Gasteiger partial charge in [-0.1, -0.05) is 41.9 Å². The summed E-state index contributed by atoms with van der Waals surface area (Å²) in [5.74, 6) is 0.0458. The molecule has 0 fully saturated rings. The minimum Gasteiger partial charge on any atom is -0.494 e. The molecule has 0 unspecified atom stereocenters. The van der Waals surface area contributed by atoms with Crippen molar-refractivity contribution in [3.8, 4) is 5.75 Å². The van der Waals surface area contributed by atoms with Crippen molar-refractivity contribution in [1.82, 2.24) is 5.32 Å². The second kappa shape index (κ2) is 10.5. The molecule has 0 aliphatic carbocycles. The van der Waals surface area contributed by atoms with Gasteiger partial charge in [-0.3, -0.25) is 9.59 Å². The van der Waals surface area contributed by atoms with Gasteiger partial charge < -0.3 is 14.8 Å². The SMILES string of the molecule is Cc1cc(OCCCC(=O)NCC(=O)OCc2ccccc2)ccc1Cl. The molecule has 0 spiro atoms. The van der Waals surface area contributed by atoms with Gasteiger partial charge in [0.05, 0.1) is 6.61 Å². The number of ether oxygens (including phenoxy) is 2. The number of carbonyl (C=O) groups is 2. The lowest BCUT2D eigenvalue weighted by Gasteiger charge is -2.08. The van der Waals surface area contributed by atoms with Crippen molar-refractivity contribution in [2.24, 2.45) is 0 Å². The fourth-order valence-corrected chi connectivity index (χ4v) is 2.30. The van der Waals surface area contributed by atoms with Crippen LogP contribution in [0.1, 0.15) is 24.0 Å². The Bertz CT molecular complexity index is 734. The molecule has 138 valence electrons. The summed E-state index contributed by atoms with van der Waals surface area (Å²) in [6.45, 7) is 2.37. The third kappa shape index (κ3) is 7.15. The maximum atomic E-state index is 11.7. The number of nitrogens with one attached hydrogen (secondary N) is 1. The van der Waals surface area contributed by atoms with E-state index in [1.165, 1.54) is 0 Å². The number of rotatable bonds is 9. The maximum absolute atomic E-state index is 11.7. The quantitative estimate of drug-likeness (QED) is 0.536. The number of esters is 1. The minimum absolute atomic E-state index is 0.136. The lowest BCUT2D eigenvalue weighted by molar-refractivity contribution is -0.145. The molecule has 1 N–H and O–H groups in total. The van der Waals surface area contributed by atoms with Crippen LogP contribution in [0.3, 0.4) is 0 Å². The average molecular weight is 376 g/mol. The van der Waals surface area contributed by atoms with Crippen LogP contribution in [0.5, 0.6) is 5.75 Å². The predicted octanol–water partition coefficient (Wildman–Crippen LogP) is 3.67. The van der Waals surface area contributed by atoms with Crippen LogP contribution in [0, 0.1) is 6.92 Å². The topological polar surface area (TPSA) is 64.6 Å². The molecule has 0 radical (unpaired) electrons. The van der Waals surface area contributed by atoms with Crippen molar-refractivity contribution in [3.63, 3.8) is 0 Å². The molecule has 26 heavy (non-hydrogen) atoms. The third-order valence-electron chi connectivity index (χ3n) is 3.62. The molecule has 0 aliphatic heterocycles. The summed E-state index contributed by atoms with van der Waals surface area (Å²) in [5.41, 5.74) is 1.85. The fraction of sp³-hybridized carbons (Fsp3) is 0.300. The van der Waals surface area contributed by atoms with Crippen LogP contribution in [0.4, 0.5) is 0 Å². The van der Waals surface area contributed by atoms with Gasteiger partial charge in [0.25, 0.3) is 0 Å². The van der Waals surface area contributed by atoms with Gasteiger partial charge in [0.2, 0.25) is 5.91 Å². The van der Waals surface area contributed by atoms with Gasteiger partial charge >= 0.3 is 5.97 Å². The summed E-state index contributed by atoms with van der Waals surface area (Å²) >= 11 is 5.95. The molecule has 2 aromatic rings. The predicted molar refractivity (Wildman–Crippen MR) is 100 cm³/mol. The number of carbonyl (C=O) groups excluding carboxylic acids is 2. The second-order valence-electron chi connectivity index (χ2n) is 5.79. The van der Waals surface area contributed by atoms with Crippen LogP contribution < -0.4 is 10.1 Å². The zero-order chi connectivity index (χ0) is 18.8. The summed E-state index contributed by atoms with van der Waals surface area (Å²) in [5, 5.41) is 3.24. The average Bonchev–Trinajstić information content (AvgIpc) is 2.65. The molecule has 0 atom stereocenters. The van der Waals surface area contributed by atoms with Crippen LogP contribution in [0.2, 0.25) is 5.02 Å². The van der Waals surface area contributed by atoms with E-state index in [4.69, 9.17) is 21.1 Å². The summed E-state index contributed by atoms with van der Waals surface area (Å²) in [7, 11) is 0. The van der Waals surface area contributed by atoms with E-state index < -0.39 is 5.97 Å². The molecule has 0 saturated heterocycles. The van der Waals surface area contributed by atoms with Gasteiger partial charge in [0, 0.05) is 11.4 Å². The van der Waals surface area contributed by atoms with Gasteiger partial charge in [0.1, 0.15) is 18.9 Å². The summed E-state index contributed by atoms with van der Waals surface area (Å²) in [6, 6.07) is 14.8. The lowest BCUT2D eigenvalue weighted by atomic mass is 10.2. The first kappa shape index (κ1) is 19.8. The number of halogens is 1. The summed E-state index contributed by atoms with van der Waals surface area (Å²) < 4.78 is 10.7. The molecule has 0 aromatic heterocycles. The highest BCUT2D eigenvalue weighted by Crippen LogP contribution is 2.21. The zero-order valence-corrected chi connectivity index (χ0v) is 15.4. The van der Waals surface area contributed by atoms with Crippen molar-refractivity contribution < 1.29 is 19.1 Å². The molecule has 5 nitrogen and oxygen atoms in total. The van der Waals surface area contributed by atoms with E-state index in [-0.39, 0.29) is 25.5 Å². The molecule has 1 amide bonds.